The molecule has 7 heteroatoms. The summed E-state index contributed by atoms with van der Waals surface area (Å²) in [5.74, 6) is -2.05. The maximum absolute atomic E-state index is 13.2. The van der Waals surface area contributed by atoms with Crippen molar-refractivity contribution in [3.05, 3.63) is 29.8 Å². The largest absolute Gasteiger partial charge is 0.468 e. The van der Waals surface area contributed by atoms with E-state index in [0.29, 0.717) is 5.75 Å². The van der Waals surface area contributed by atoms with E-state index >= 15 is 0 Å². The highest BCUT2D eigenvalue weighted by atomic mass is 32.2. The third-order valence-electron chi connectivity index (χ3n) is 2.15. The van der Waals surface area contributed by atoms with Crippen LogP contribution in [-0.4, -0.2) is 30.5 Å². The molecule has 0 saturated carbocycles. The Morgan fingerprint density at radius 2 is 1.95 bits per heavy atom. The van der Waals surface area contributed by atoms with Gasteiger partial charge in [0, 0.05) is 12.2 Å². The smallest absolute Gasteiger partial charge is 0.315 e. The van der Waals surface area contributed by atoms with Crippen LogP contribution in [0.5, 0.6) is 0 Å². The average Bonchev–Trinajstić information content (AvgIpc) is 2.39. The van der Waals surface area contributed by atoms with Crippen molar-refractivity contribution in [2.75, 3.05) is 23.9 Å². The number of carbonyl (C=O) groups is 2. The highest BCUT2D eigenvalue weighted by Crippen LogP contribution is 2.18. The SMILES string of the molecule is COC(=O)CSCCC(=O)Nc1c(F)cccc1F. The van der Waals surface area contributed by atoms with Gasteiger partial charge >= 0.3 is 5.97 Å². The van der Waals surface area contributed by atoms with Crippen LogP contribution in [0.1, 0.15) is 6.42 Å². The van der Waals surface area contributed by atoms with Gasteiger partial charge in [-0.3, -0.25) is 9.59 Å². The van der Waals surface area contributed by atoms with Crippen LogP contribution < -0.4 is 5.32 Å². The first kappa shape index (κ1) is 15.4. The summed E-state index contributed by atoms with van der Waals surface area (Å²) in [6.45, 7) is 0. The van der Waals surface area contributed by atoms with Crippen LogP contribution in [0.3, 0.4) is 0 Å². The molecule has 0 atom stereocenters. The molecule has 4 nitrogen and oxygen atoms in total. The van der Waals surface area contributed by atoms with Gasteiger partial charge in [0.1, 0.15) is 17.3 Å². The first-order chi connectivity index (χ1) is 9.04. The van der Waals surface area contributed by atoms with Crippen molar-refractivity contribution in [3.8, 4) is 0 Å². The maximum atomic E-state index is 13.2. The number of anilines is 1. The molecule has 19 heavy (non-hydrogen) atoms. The van der Waals surface area contributed by atoms with E-state index in [1.54, 1.807) is 0 Å². The summed E-state index contributed by atoms with van der Waals surface area (Å²) in [7, 11) is 1.27. The zero-order chi connectivity index (χ0) is 14.3. The third kappa shape index (κ3) is 5.25. The van der Waals surface area contributed by atoms with Crippen molar-refractivity contribution < 1.29 is 23.1 Å². The molecule has 104 valence electrons. The van der Waals surface area contributed by atoms with Gasteiger partial charge in [-0.2, -0.15) is 0 Å². The van der Waals surface area contributed by atoms with E-state index in [4.69, 9.17) is 0 Å². The molecule has 1 N–H and O–H groups in total. The van der Waals surface area contributed by atoms with Crippen LogP contribution >= 0.6 is 11.8 Å². The predicted octanol–water partition coefficient (Wildman–Crippen LogP) is 2.20. The Labute approximate surface area is 113 Å². The number of hydrogen-bond acceptors (Lipinski definition) is 4. The molecule has 0 aliphatic heterocycles. The van der Waals surface area contributed by atoms with Crippen LogP contribution in [0.25, 0.3) is 0 Å². The Bertz CT molecular complexity index is 448. The molecular weight excluding hydrogens is 276 g/mol. The summed E-state index contributed by atoms with van der Waals surface area (Å²) in [5.41, 5.74) is -0.453. The lowest BCUT2D eigenvalue weighted by atomic mass is 10.3. The number of rotatable bonds is 6. The van der Waals surface area contributed by atoms with E-state index in [1.807, 2.05) is 0 Å². The minimum absolute atomic E-state index is 0.0510. The molecule has 0 radical (unpaired) electrons. The number of esters is 1. The zero-order valence-electron chi connectivity index (χ0n) is 10.2. The highest BCUT2D eigenvalue weighted by molar-refractivity contribution is 7.99. The quantitative estimate of drug-likeness (QED) is 0.644. The van der Waals surface area contributed by atoms with E-state index in [1.165, 1.54) is 24.9 Å². The number of benzene rings is 1. The lowest BCUT2D eigenvalue weighted by Gasteiger charge is -2.07. The minimum Gasteiger partial charge on any atom is -0.468 e. The highest BCUT2D eigenvalue weighted by Gasteiger charge is 2.11. The Balaban J connectivity index is 2.37. The van der Waals surface area contributed by atoms with Crippen LogP contribution in [0.2, 0.25) is 0 Å². The number of para-hydroxylation sites is 1. The Kier molecular flexibility index (Phi) is 6.27. The molecule has 1 rings (SSSR count). The van der Waals surface area contributed by atoms with Gasteiger partial charge in [0.15, 0.2) is 0 Å². The number of nitrogens with one attached hydrogen (secondary N) is 1. The van der Waals surface area contributed by atoms with Gasteiger partial charge in [-0.25, -0.2) is 8.78 Å². The first-order valence-electron chi connectivity index (χ1n) is 5.43. The number of carbonyl (C=O) groups excluding carboxylic acids is 2. The molecule has 0 saturated heterocycles. The van der Waals surface area contributed by atoms with Crippen LogP contribution in [0, 0.1) is 11.6 Å². The Morgan fingerprint density at radius 3 is 2.53 bits per heavy atom. The fourth-order valence-corrected chi connectivity index (χ4v) is 1.96. The van der Waals surface area contributed by atoms with E-state index in [0.717, 1.165) is 12.1 Å². The van der Waals surface area contributed by atoms with Gasteiger partial charge < -0.3 is 10.1 Å². The van der Waals surface area contributed by atoms with E-state index < -0.39 is 23.2 Å². The van der Waals surface area contributed by atoms with Crippen molar-refractivity contribution in [1.29, 1.82) is 0 Å². The minimum atomic E-state index is -0.824. The lowest BCUT2D eigenvalue weighted by Crippen LogP contribution is -2.15. The molecule has 0 heterocycles. The summed E-state index contributed by atoms with van der Waals surface area (Å²) < 4.78 is 30.9. The normalized spacial score (nSPS) is 10.1. The summed E-state index contributed by atoms with van der Waals surface area (Å²) >= 11 is 1.21. The van der Waals surface area contributed by atoms with Gasteiger partial charge in [0.05, 0.1) is 12.9 Å². The van der Waals surface area contributed by atoms with Gasteiger partial charge in [-0.15, -0.1) is 11.8 Å². The molecular formula is C12H13F2NO3S. The number of amides is 1. The van der Waals surface area contributed by atoms with E-state index in [9.17, 15) is 18.4 Å². The summed E-state index contributed by atoms with van der Waals surface area (Å²) in [5, 5.41) is 2.16. The van der Waals surface area contributed by atoms with Crippen LogP contribution in [-0.2, 0) is 14.3 Å². The molecule has 0 unspecified atom stereocenters. The molecule has 0 aliphatic carbocycles. The lowest BCUT2D eigenvalue weighted by molar-refractivity contribution is -0.137. The Morgan fingerprint density at radius 1 is 1.32 bits per heavy atom. The monoisotopic (exact) mass is 289 g/mol. The van der Waals surface area contributed by atoms with Crippen molar-refractivity contribution in [3.63, 3.8) is 0 Å². The van der Waals surface area contributed by atoms with Crippen molar-refractivity contribution in [1.82, 2.24) is 0 Å². The van der Waals surface area contributed by atoms with E-state index in [-0.39, 0.29) is 18.1 Å². The van der Waals surface area contributed by atoms with Gasteiger partial charge in [0.25, 0.3) is 0 Å². The number of thioether (sulfide) groups is 1. The number of hydrogen-bond donors (Lipinski definition) is 1. The molecule has 0 bridgehead atoms. The fourth-order valence-electron chi connectivity index (χ4n) is 1.20. The first-order valence-corrected chi connectivity index (χ1v) is 6.58. The second-order valence-electron chi connectivity index (χ2n) is 3.52. The predicted molar refractivity (Wildman–Crippen MR) is 68.9 cm³/mol. The number of ether oxygens (including phenoxy) is 1. The maximum Gasteiger partial charge on any atom is 0.315 e. The fraction of sp³-hybridized carbons (Fsp3) is 0.333. The van der Waals surface area contributed by atoms with Gasteiger partial charge in [0.2, 0.25) is 5.91 Å². The number of halogens is 2. The van der Waals surface area contributed by atoms with Crippen LogP contribution in [0.4, 0.5) is 14.5 Å². The van der Waals surface area contributed by atoms with Crippen molar-refractivity contribution in [2.45, 2.75) is 6.42 Å². The molecule has 1 aromatic rings. The van der Waals surface area contributed by atoms with E-state index in [2.05, 4.69) is 10.1 Å². The molecule has 0 aromatic heterocycles. The summed E-state index contributed by atoms with van der Waals surface area (Å²) in [6.07, 6.45) is 0.0510. The topological polar surface area (TPSA) is 55.4 Å². The number of methoxy groups -OCH3 is 1. The second kappa shape index (κ2) is 7.73. The summed E-state index contributed by atoms with van der Waals surface area (Å²) in [6, 6.07) is 3.34. The zero-order valence-corrected chi connectivity index (χ0v) is 11.1. The standard InChI is InChI=1S/C12H13F2NO3S/c1-18-11(17)7-19-6-5-10(16)15-12-8(13)3-2-4-9(12)14/h2-4H,5-7H2,1H3,(H,15,16). The van der Waals surface area contributed by atoms with Gasteiger partial charge in [-0.1, -0.05) is 6.07 Å². The third-order valence-corrected chi connectivity index (χ3v) is 3.08. The van der Waals surface area contributed by atoms with Crippen LogP contribution in [0.15, 0.2) is 18.2 Å². The molecule has 1 amide bonds. The van der Waals surface area contributed by atoms with Gasteiger partial charge in [-0.05, 0) is 12.1 Å². The molecule has 0 spiro atoms. The van der Waals surface area contributed by atoms with Crippen molar-refractivity contribution >= 4 is 29.3 Å². The molecule has 1 aromatic carbocycles. The molecule has 0 fully saturated rings. The average molecular weight is 289 g/mol. The second-order valence-corrected chi connectivity index (χ2v) is 4.63. The summed E-state index contributed by atoms with van der Waals surface area (Å²) in [4.78, 5) is 22.3. The van der Waals surface area contributed by atoms with Crippen molar-refractivity contribution in [2.24, 2.45) is 0 Å². The Hall–Kier alpha value is -1.63. The molecule has 0 aliphatic rings.